The van der Waals surface area contributed by atoms with Crippen molar-refractivity contribution in [3.05, 3.63) is 87.2 Å². The van der Waals surface area contributed by atoms with E-state index in [0.29, 0.717) is 35.2 Å². The van der Waals surface area contributed by atoms with Crippen LogP contribution in [0.1, 0.15) is 58.2 Å². The van der Waals surface area contributed by atoms with E-state index in [0.717, 1.165) is 40.7 Å². The maximum atomic E-state index is 11.1. The standard InChI is InChI=1S/C26H21ClN2O4/c27-25-8-1-15(13-29-25)9-22-16(12-28)2-4-21-20(22)6-7-23(21)33-18-3-5-19-17(10-26(30)31)14-32-24(19)11-18/h1-5,8,11,13,17,23H,6-7,9-10,14H2,(H,30,31)/t17-,23-/m1/s1. The number of hydrogen-bond acceptors (Lipinski definition) is 5. The van der Waals surface area contributed by atoms with E-state index < -0.39 is 5.97 Å². The molecule has 1 N–H and O–H groups in total. The van der Waals surface area contributed by atoms with Crippen LogP contribution in [0.25, 0.3) is 0 Å². The highest BCUT2D eigenvalue weighted by molar-refractivity contribution is 6.29. The van der Waals surface area contributed by atoms with Crippen molar-refractivity contribution in [1.82, 2.24) is 4.98 Å². The Kier molecular flexibility index (Phi) is 5.65. The molecule has 0 unspecified atom stereocenters. The first-order chi connectivity index (χ1) is 16.0. The van der Waals surface area contributed by atoms with E-state index >= 15 is 0 Å². The molecule has 3 aromatic rings. The van der Waals surface area contributed by atoms with Crippen LogP contribution >= 0.6 is 11.6 Å². The van der Waals surface area contributed by atoms with Crippen molar-refractivity contribution in [1.29, 1.82) is 5.26 Å². The number of carboxylic acid groups (broad SMARTS) is 1. The van der Waals surface area contributed by atoms with Gasteiger partial charge in [0.15, 0.2) is 0 Å². The van der Waals surface area contributed by atoms with Gasteiger partial charge in [0.25, 0.3) is 0 Å². The molecule has 2 aliphatic rings. The largest absolute Gasteiger partial charge is 0.492 e. The van der Waals surface area contributed by atoms with Crippen molar-refractivity contribution < 1.29 is 19.4 Å². The fourth-order valence-corrected chi connectivity index (χ4v) is 4.87. The normalized spacial score (nSPS) is 18.2. The topological polar surface area (TPSA) is 92.4 Å². The molecule has 0 saturated carbocycles. The Labute approximate surface area is 196 Å². The van der Waals surface area contributed by atoms with Gasteiger partial charge in [-0.2, -0.15) is 5.26 Å². The molecule has 1 aliphatic heterocycles. The Balaban J connectivity index is 1.39. The predicted octanol–water partition coefficient (Wildman–Crippen LogP) is 5.21. The summed E-state index contributed by atoms with van der Waals surface area (Å²) in [4.78, 5) is 15.2. The van der Waals surface area contributed by atoms with Gasteiger partial charge in [-0.3, -0.25) is 4.79 Å². The molecule has 6 nitrogen and oxygen atoms in total. The quantitative estimate of drug-likeness (QED) is 0.507. The van der Waals surface area contributed by atoms with E-state index in [4.69, 9.17) is 26.2 Å². The second kappa shape index (κ2) is 8.76. The fraction of sp³-hybridized carbons (Fsp3) is 0.269. The smallest absolute Gasteiger partial charge is 0.304 e. The summed E-state index contributed by atoms with van der Waals surface area (Å²) in [5, 5.41) is 19.2. The number of fused-ring (bicyclic) bond motifs is 2. The zero-order valence-corrected chi connectivity index (χ0v) is 18.5. The lowest BCUT2D eigenvalue weighted by molar-refractivity contribution is -0.137. The van der Waals surface area contributed by atoms with E-state index in [1.165, 1.54) is 0 Å². The van der Waals surface area contributed by atoms with Crippen LogP contribution in [0.4, 0.5) is 0 Å². The number of hydrogen-bond donors (Lipinski definition) is 1. The van der Waals surface area contributed by atoms with Gasteiger partial charge < -0.3 is 14.6 Å². The summed E-state index contributed by atoms with van der Waals surface area (Å²) in [6.45, 7) is 0.372. The minimum absolute atomic E-state index is 0.0519. The first kappa shape index (κ1) is 21.3. The van der Waals surface area contributed by atoms with Gasteiger partial charge in [-0.1, -0.05) is 29.8 Å². The van der Waals surface area contributed by atoms with Crippen molar-refractivity contribution in [3.63, 3.8) is 0 Å². The molecular weight excluding hydrogens is 440 g/mol. The maximum absolute atomic E-state index is 11.1. The van der Waals surface area contributed by atoms with Crippen molar-refractivity contribution in [2.75, 3.05) is 6.61 Å². The lowest BCUT2D eigenvalue weighted by Gasteiger charge is -2.17. The van der Waals surface area contributed by atoms with Crippen LogP contribution in [-0.4, -0.2) is 22.7 Å². The van der Waals surface area contributed by atoms with Gasteiger partial charge in [0.2, 0.25) is 0 Å². The van der Waals surface area contributed by atoms with Crippen molar-refractivity contribution in [2.45, 2.75) is 37.7 Å². The molecule has 0 saturated heterocycles. The molecule has 33 heavy (non-hydrogen) atoms. The molecule has 0 amide bonds. The average molecular weight is 461 g/mol. The predicted molar refractivity (Wildman–Crippen MR) is 122 cm³/mol. The lowest BCUT2D eigenvalue weighted by Crippen LogP contribution is -2.07. The summed E-state index contributed by atoms with van der Waals surface area (Å²) in [7, 11) is 0. The van der Waals surface area contributed by atoms with Gasteiger partial charge in [-0.05, 0) is 53.3 Å². The first-order valence-electron chi connectivity index (χ1n) is 10.8. The van der Waals surface area contributed by atoms with Crippen molar-refractivity contribution >= 4 is 17.6 Å². The number of ether oxygens (including phenoxy) is 2. The molecule has 5 rings (SSSR count). The highest BCUT2D eigenvalue weighted by Crippen LogP contribution is 2.42. The van der Waals surface area contributed by atoms with E-state index in [1.807, 2.05) is 36.4 Å². The third-order valence-electron chi connectivity index (χ3n) is 6.33. The number of carbonyl (C=O) groups is 1. The van der Waals surface area contributed by atoms with Crippen molar-refractivity contribution in [3.8, 4) is 17.6 Å². The molecule has 0 bridgehead atoms. The number of aromatic nitrogens is 1. The number of aliphatic carboxylic acids is 1. The SMILES string of the molecule is N#Cc1ccc2c(c1Cc1ccc(Cl)nc1)CC[C@H]2Oc1ccc2c(c1)OC[C@H]2CC(=O)O. The number of pyridine rings is 1. The summed E-state index contributed by atoms with van der Waals surface area (Å²) in [5.74, 6) is 0.414. The molecule has 0 radical (unpaired) electrons. The molecule has 0 fully saturated rings. The molecule has 2 atom stereocenters. The average Bonchev–Trinajstić information content (AvgIpc) is 3.39. The molecular formula is C26H21ClN2O4. The lowest BCUT2D eigenvalue weighted by atomic mass is 9.93. The molecule has 7 heteroatoms. The van der Waals surface area contributed by atoms with E-state index in [9.17, 15) is 10.1 Å². The highest BCUT2D eigenvalue weighted by Gasteiger charge is 2.30. The third kappa shape index (κ3) is 4.24. The van der Waals surface area contributed by atoms with Crippen LogP contribution in [0, 0.1) is 11.3 Å². The second-order valence-corrected chi connectivity index (χ2v) is 8.78. The molecule has 1 aromatic heterocycles. The number of rotatable bonds is 6. The second-order valence-electron chi connectivity index (χ2n) is 8.39. The first-order valence-corrected chi connectivity index (χ1v) is 11.2. The minimum Gasteiger partial charge on any atom is -0.492 e. The highest BCUT2D eigenvalue weighted by atomic mass is 35.5. The van der Waals surface area contributed by atoms with Crippen LogP contribution in [0.5, 0.6) is 11.5 Å². The van der Waals surface area contributed by atoms with Gasteiger partial charge in [-0.25, -0.2) is 4.98 Å². The summed E-state index contributed by atoms with van der Waals surface area (Å²) in [6, 6.07) is 15.5. The molecule has 0 spiro atoms. The fourth-order valence-electron chi connectivity index (χ4n) is 4.76. The summed E-state index contributed by atoms with van der Waals surface area (Å²) in [6.07, 6.45) is 3.93. The summed E-state index contributed by atoms with van der Waals surface area (Å²) in [5.41, 5.74) is 5.84. The van der Waals surface area contributed by atoms with E-state index in [2.05, 4.69) is 11.1 Å². The number of halogens is 1. The van der Waals surface area contributed by atoms with Gasteiger partial charge in [0.1, 0.15) is 22.8 Å². The van der Waals surface area contributed by atoms with Gasteiger partial charge >= 0.3 is 5.97 Å². The molecule has 166 valence electrons. The maximum Gasteiger partial charge on any atom is 0.304 e. The van der Waals surface area contributed by atoms with Gasteiger partial charge in [0.05, 0.1) is 24.7 Å². The van der Waals surface area contributed by atoms with Gasteiger partial charge in [0, 0.05) is 30.2 Å². The van der Waals surface area contributed by atoms with Crippen LogP contribution in [0.15, 0.2) is 48.7 Å². The number of nitrogens with zero attached hydrogens (tertiary/aromatic N) is 2. The Morgan fingerprint density at radius 1 is 1.24 bits per heavy atom. The Hall–Kier alpha value is -3.56. The number of carboxylic acids is 1. The van der Waals surface area contributed by atoms with E-state index in [1.54, 1.807) is 12.3 Å². The van der Waals surface area contributed by atoms with Gasteiger partial charge in [-0.15, -0.1) is 0 Å². The number of benzene rings is 2. The van der Waals surface area contributed by atoms with Crippen LogP contribution in [-0.2, 0) is 17.6 Å². The Morgan fingerprint density at radius 2 is 2.09 bits per heavy atom. The zero-order valence-electron chi connectivity index (χ0n) is 17.8. The molecule has 1 aliphatic carbocycles. The van der Waals surface area contributed by atoms with Crippen LogP contribution < -0.4 is 9.47 Å². The number of nitriles is 1. The summed E-state index contributed by atoms with van der Waals surface area (Å²) < 4.78 is 12.0. The summed E-state index contributed by atoms with van der Waals surface area (Å²) >= 11 is 5.91. The van der Waals surface area contributed by atoms with E-state index in [-0.39, 0.29) is 18.4 Å². The zero-order chi connectivity index (χ0) is 22.9. The third-order valence-corrected chi connectivity index (χ3v) is 6.55. The molecule has 2 aromatic carbocycles. The Morgan fingerprint density at radius 3 is 2.85 bits per heavy atom. The minimum atomic E-state index is -0.832. The van der Waals surface area contributed by atoms with Crippen LogP contribution in [0.3, 0.4) is 0 Å². The molecule has 2 heterocycles. The monoisotopic (exact) mass is 460 g/mol. The van der Waals surface area contributed by atoms with Crippen molar-refractivity contribution in [2.24, 2.45) is 0 Å². The Bertz CT molecular complexity index is 1270. The van der Waals surface area contributed by atoms with Crippen LogP contribution in [0.2, 0.25) is 5.15 Å².